The molecule has 0 aliphatic heterocycles. The van der Waals surface area contributed by atoms with Gasteiger partial charge in [0.2, 0.25) is 0 Å². The lowest BCUT2D eigenvalue weighted by molar-refractivity contribution is -0.139. The van der Waals surface area contributed by atoms with Gasteiger partial charge in [0.05, 0.1) is 0 Å². The van der Waals surface area contributed by atoms with Gasteiger partial charge in [-0.25, -0.2) is 9.59 Å². The van der Waals surface area contributed by atoms with E-state index in [4.69, 9.17) is 0 Å². The summed E-state index contributed by atoms with van der Waals surface area (Å²) in [5, 5.41) is 11.8. The minimum atomic E-state index is -1.07. The first kappa shape index (κ1) is 15.0. The summed E-state index contributed by atoms with van der Waals surface area (Å²) >= 11 is 0. The van der Waals surface area contributed by atoms with E-state index < -0.39 is 12.0 Å². The van der Waals surface area contributed by atoms with Gasteiger partial charge in [-0.3, -0.25) is 0 Å². The minimum Gasteiger partial charge on any atom is -0.479 e. The van der Waals surface area contributed by atoms with Gasteiger partial charge in [-0.15, -0.1) is 0 Å². The zero-order chi connectivity index (χ0) is 14.4. The predicted octanol–water partition coefficient (Wildman–Crippen LogP) is 2.25. The van der Waals surface area contributed by atoms with Gasteiger partial charge in [-0.05, 0) is 18.9 Å². The molecular formula is C14H20N2O3. The van der Waals surface area contributed by atoms with Gasteiger partial charge < -0.3 is 15.3 Å². The van der Waals surface area contributed by atoms with Crippen molar-refractivity contribution in [3.05, 3.63) is 35.9 Å². The zero-order valence-corrected chi connectivity index (χ0v) is 11.5. The Kier molecular flexibility index (Phi) is 5.36. The summed E-state index contributed by atoms with van der Waals surface area (Å²) in [5.41, 5.74) is 0.556. The highest BCUT2D eigenvalue weighted by Crippen LogP contribution is 2.13. The van der Waals surface area contributed by atoms with Crippen LogP contribution in [0, 0.1) is 0 Å². The number of carbonyl (C=O) groups excluding carboxylic acids is 1. The molecule has 1 aromatic carbocycles. The van der Waals surface area contributed by atoms with E-state index in [0.29, 0.717) is 5.56 Å². The number of aliphatic carboxylic acids is 1. The van der Waals surface area contributed by atoms with Gasteiger partial charge in [0.1, 0.15) is 0 Å². The van der Waals surface area contributed by atoms with E-state index in [1.54, 1.807) is 37.4 Å². The maximum atomic E-state index is 12.0. The molecule has 2 atom stereocenters. The van der Waals surface area contributed by atoms with E-state index in [-0.39, 0.29) is 12.1 Å². The van der Waals surface area contributed by atoms with Crippen molar-refractivity contribution in [2.45, 2.75) is 32.4 Å². The number of carboxylic acids is 1. The van der Waals surface area contributed by atoms with Crippen LogP contribution >= 0.6 is 0 Å². The maximum absolute atomic E-state index is 12.0. The molecule has 5 heteroatoms. The average molecular weight is 264 g/mol. The van der Waals surface area contributed by atoms with Crippen LogP contribution in [-0.4, -0.2) is 35.1 Å². The standard InChI is InChI=1S/C14H20N2O3/c1-4-10(2)16(3)14(19)15-12(13(17)18)11-8-6-5-7-9-11/h5-10,12H,4H2,1-3H3,(H,15,19)(H,17,18)/t10?,12-/m0/s1. The number of carbonyl (C=O) groups is 2. The van der Waals surface area contributed by atoms with E-state index in [1.807, 2.05) is 13.8 Å². The van der Waals surface area contributed by atoms with Crippen molar-refractivity contribution in [1.29, 1.82) is 0 Å². The maximum Gasteiger partial charge on any atom is 0.330 e. The molecule has 0 saturated carbocycles. The van der Waals surface area contributed by atoms with Crippen molar-refractivity contribution in [3.8, 4) is 0 Å². The molecule has 0 aliphatic carbocycles. The Bertz CT molecular complexity index is 434. The van der Waals surface area contributed by atoms with Crippen LogP contribution in [0.5, 0.6) is 0 Å². The third-order valence-corrected chi connectivity index (χ3v) is 3.22. The quantitative estimate of drug-likeness (QED) is 0.857. The molecule has 1 aromatic rings. The molecule has 1 rings (SSSR count). The summed E-state index contributed by atoms with van der Waals surface area (Å²) in [4.78, 5) is 24.8. The molecular weight excluding hydrogens is 244 g/mol. The van der Waals surface area contributed by atoms with Crippen LogP contribution in [0.4, 0.5) is 4.79 Å². The number of nitrogens with zero attached hydrogens (tertiary/aromatic N) is 1. The summed E-state index contributed by atoms with van der Waals surface area (Å²) in [6.45, 7) is 3.89. The van der Waals surface area contributed by atoms with E-state index >= 15 is 0 Å². The molecule has 1 unspecified atom stereocenters. The van der Waals surface area contributed by atoms with Gasteiger partial charge in [0.15, 0.2) is 6.04 Å². The fraction of sp³-hybridized carbons (Fsp3) is 0.429. The molecule has 0 heterocycles. The lowest BCUT2D eigenvalue weighted by atomic mass is 10.1. The molecule has 0 saturated heterocycles. The van der Waals surface area contributed by atoms with Crippen LogP contribution in [0.15, 0.2) is 30.3 Å². The summed E-state index contributed by atoms with van der Waals surface area (Å²) in [7, 11) is 1.66. The van der Waals surface area contributed by atoms with Crippen LogP contribution in [0.3, 0.4) is 0 Å². The van der Waals surface area contributed by atoms with E-state index in [0.717, 1.165) is 6.42 Å². The van der Waals surface area contributed by atoms with Crippen molar-refractivity contribution < 1.29 is 14.7 Å². The summed E-state index contributed by atoms with van der Waals surface area (Å²) in [5.74, 6) is -1.07. The Morgan fingerprint density at radius 3 is 2.37 bits per heavy atom. The first-order valence-electron chi connectivity index (χ1n) is 6.28. The second-order valence-electron chi connectivity index (χ2n) is 4.50. The van der Waals surface area contributed by atoms with Crippen molar-refractivity contribution in [2.24, 2.45) is 0 Å². The normalized spacial score (nSPS) is 13.4. The van der Waals surface area contributed by atoms with Gasteiger partial charge in [0, 0.05) is 13.1 Å². The SMILES string of the molecule is CCC(C)N(C)C(=O)N[C@H](C(=O)O)c1ccccc1. The van der Waals surface area contributed by atoms with Gasteiger partial charge in [-0.2, -0.15) is 0 Å². The molecule has 19 heavy (non-hydrogen) atoms. The number of nitrogens with one attached hydrogen (secondary N) is 1. The van der Waals surface area contributed by atoms with Crippen LogP contribution in [-0.2, 0) is 4.79 Å². The molecule has 0 fully saturated rings. The second kappa shape index (κ2) is 6.78. The number of urea groups is 1. The molecule has 2 amide bonds. The summed E-state index contributed by atoms with van der Waals surface area (Å²) < 4.78 is 0. The first-order chi connectivity index (χ1) is 8.97. The highest BCUT2D eigenvalue weighted by atomic mass is 16.4. The van der Waals surface area contributed by atoms with E-state index in [2.05, 4.69) is 5.32 Å². The van der Waals surface area contributed by atoms with E-state index in [9.17, 15) is 14.7 Å². The lowest BCUT2D eigenvalue weighted by Crippen LogP contribution is -2.45. The minimum absolute atomic E-state index is 0.0604. The molecule has 0 radical (unpaired) electrons. The number of hydrogen-bond donors (Lipinski definition) is 2. The Hall–Kier alpha value is -2.04. The smallest absolute Gasteiger partial charge is 0.330 e. The largest absolute Gasteiger partial charge is 0.479 e. The van der Waals surface area contributed by atoms with Crippen molar-refractivity contribution in [1.82, 2.24) is 10.2 Å². The van der Waals surface area contributed by atoms with Crippen molar-refractivity contribution in [3.63, 3.8) is 0 Å². The third kappa shape index (κ3) is 3.98. The number of benzene rings is 1. The molecule has 0 spiro atoms. The number of carboxylic acid groups (broad SMARTS) is 1. The number of hydrogen-bond acceptors (Lipinski definition) is 2. The van der Waals surface area contributed by atoms with Gasteiger partial charge in [0.25, 0.3) is 0 Å². The summed E-state index contributed by atoms with van der Waals surface area (Å²) in [6.07, 6.45) is 0.812. The Labute approximate surface area is 113 Å². The monoisotopic (exact) mass is 264 g/mol. The molecule has 5 nitrogen and oxygen atoms in total. The fourth-order valence-corrected chi connectivity index (χ4v) is 1.63. The summed E-state index contributed by atoms with van der Waals surface area (Å²) in [6, 6.07) is 7.31. The van der Waals surface area contributed by atoms with Crippen LogP contribution < -0.4 is 5.32 Å². The molecule has 0 aliphatic rings. The molecule has 0 aromatic heterocycles. The third-order valence-electron chi connectivity index (χ3n) is 3.22. The number of rotatable bonds is 5. The van der Waals surface area contributed by atoms with Crippen molar-refractivity contribution in [2.75, 3.05) is 7.05 Å². The first-order valence-corrected chi connectivity index (χ1v) is 6.28. The van der Waals surface area contributed by atoms with Gasteiger partial charge >= 0.3 is 12.0 Å². The van der Waals surface area contributed by atoms with E-state index in [1.165, 1.54) is 4.90 Å². The molecule has 0 bridgehead atoms. The lowest BCUT2D eigenvalue weighted by Gasteiger charge is -2.26. The Morgan fingerprint density at radius 1 is 1.32 bits per heavy atom. The Balaban J connectivity index is 2.81. The van der Waals surface area contributed by atoms with Crippen LogP contribution in [0.2, 0.25) is 0 Å². The Morgan fingerprint density at radius 2 is 1.89 bits per heavy atom. The highest BCUT2D eigenvalue weighted by molar-refractivity contribution is 5.83. The van der Waals surface area contributed by atoms with Crippen LogP contribution in [0.1, 0.15) is 31.9 Å². The second-order valence-corrected chi connectivity index (χ2v) is 4.50. The topological polar surface area (TPSA) is 69.6 Å². The average Bonchev–Trinajstić information content (AvgIpc) is 2.43. The predicted molar refractivity (Wildman–Crippen MR) is 72.9 cm³/mol. The van der Waals surface area contributed by atoms with Crippen LogP contribution in [0.25, 0.3) is 0 Å². The highest BCUT2D eigenvalue weighted by Gasteiger charge is 2.24. The zero-order valence-electron chi connectivity index (χ0n) is 11.5. The van der Waals surface area contributed by atoms with Crippen molar-refractivity contribution >= 4 is 12.0 Å². The fourth-order valence-electron chi connectivity index (χ4n) is 1.63. The number of amides is 2. The molecule has 104 valence electrons. The van der Waals surface area contributed by atoms with Gasteiger partial charge in [-0.1, -0.05) is 37.3 Å². The molecule has 2 N–H and O–H groups in total.